The van der Waals surface area contributed by atoms with Crippen LogP contribution >= 0.6 is 0 Å². The first kappa shape index (κ1) is 24.4. The van der Waals surface area contributed by atoms with Crippen LogP contribution in [0.3, 0.4) is 0 Å². The first-order valence-corrected chi connectivity index (χ1v) is 12.4. The number of amides is 1. The van der Waals surface area contributed by atoms with E-state index in [0.29, 0.717) is 19.6 Å². The van der Waals surface area contributed by atoms with Crippen molar-refractivity contribution < 1.29 is 14.7 Å². The highest BCUT2D eigenvalue weighted by molar-refractivity contribution is 5.95. The van der Waals surface area contributed by atoms with Gasteiger partial charge in [0.1, 0.15) is 0 Å². The molecule has 34 heavy (non-hydrogen) atoms. The third kappa shape index (κ3) is 6.88. The Morgan fingerprint density at radius 3 is 1.91 bits per heavy atom. The lowest BCUT2D eigenvalue weighted by molar-refractivity contribution is -0.139. The van der Waals surface area contributed by atoms with Crippen LogP contribution in [0.5, 0.6) is 0 Å². The number of piperazine rings is 1. The van der Waals surface area contributed by atoms with Crippen LogP contribution in [0.25, 0.3) is 0 Å². The summed E-state index contributed by atoms with van der Waals surface area (Å²) in [4.78, 5) is 33.1. The zero-order valence-corrected chi connectivity index (χ0v) is 19.9. The van der Waals surface area contributed by atoms with Crippen LogP contribution in [0.1, 0.15) is 18.4 Å². The van der Waals surface area contributed by atoms with Gasteiger partial charge in [0, 0.05) is 57.5 Å². The van der Waals surface area contributed by atoms with Crippen molar-refractivity contribution >= 4 is 17.6 Å². The molecule has 1 N–H and O–H groups in total. The Bertz CT molecular complexity index is 908. The Balaban J connectivity index is 1.33. The van der Waals surface area contributed by atoms with Gasteiger partial charge in [0.05, 0.1) is 13.1 Å². The zero-order valence-electron chi connectivity index (χ0n) is 19.9. The van der Waals surface area contributed by atoms with Crippen LogP contribution in [0.15, 0.2) is 60.7 Å². The fraction of sp³-hybridized carbons (Fsp3) is 0.481. The number of piperidine rings is 1. The van der Waals surface area contributed by atoms with E-state index in [1.54, 1.807) is 0 Å². The highest BCUT2D eigenvalue weighted by Gasteiger charge is 2.30. The number of carbonyl (C=O) groups is 2. The smallest absolute Gasteiger partial charge is 0.317 e. The lowest BCUT2D eigenvalue weighted by Crippen LogP contribution is -2.54. The quantitative estimate of drug-likeness (QED) is 0.615. The molecule has 2 saturated heterocycles. The zero-order chi connectivity index (χ0) is 23.8. The number of carboxylic acids is 1. The van der Waals surface area contributed by atoms with E-state index in [1.807, 2.05) is 40.1 Å². The van der Waals surface area contributed by atoms with Gasteiger partial charge in [0.15, 0.2) is 0 Å². The van der Waals surface area contributed by atoms with Gasteiger partial charge in [-0.05, 0) is 37.0 Å². The normalized spacial score (nSPS) is 18.6. The number of likely N-dealkylation sites (tertiary alicyclic amines) is 1. The maximum atomic E-state index is 13.5. The summed E-state index contributed by atoms with van der Waals surface area (Å²) in [6.07, 6.45) is 3.00. The molecule has 2 aromatic rings. The second-order valence-electron chi connectivity index (χ2n) is 9.35. The number of anilines is 1. The summed E-state index contributed by atoms with van der Waals surface area (Å²) in [6, 6.07) is 20.9. The highest BCUT2D eigenvalue weighted by atomic mass is 16.4. The molecule has 7 heteroatoms. The van der Waals surface area contributed by atoms with Crippen molar-refractivity contribution in [2.45, 2.75) is 25.3 Å². The van der Waals surface area contributed by atoms with E-state index in [4.69, 9.17) is 5.11 Å². The van der Waals surface area contributed by atoms with Crippen LogP contribution in [0.4, 0.5) is 5.69 Å². The van der Waals surface area contributed by atoms with Crippen LogP contribution < -0.4 is 4.90 Å². The fourth-order valence-electron chi connectivity index (χ4n) is 5.04. The Hall–Kier alpha value is -2.74. The average molecular weight is 465 g/mol. The van der Waals surface area contributed by atoms with Gasteiger partial charge in [-0.2, -0.15) is 0 Å². The van der Waals surface area contributed by atoms with Crippen LogP contribution in [-0.2, 0) is 16.0 Å². The van der Waals surface area contributed by atoms with Gasteiger partial charge < -0.3 is 14.9 Å². The summed E-state index contributed by atoms with van der Waals surface area (Å²) in [6.45, 7) is 6.32. The van der Waals surface area contributed by atoms with E-state index in [-0.39, 0.29) is 18.5 Å². The predicted molar refractivity (Wildman–Crippen MR) is 134 cm³/mol. The van der Waals surface area contributed by atoms with E-state index in [9.17, 15) is 9.59 Å². The molecule has 4 rings (SSSR count). The maximum Gasteiger partial charge on any atom is 0.317 e. The molecule has 7 nitrogen and oxygen atoms in total. The maximum absolute atomic E-state index is 13.5. The molecule has 2 heterocycles. The van der Waals surface area contributed by atoms with E-state index >= 15 is 0 Å². The van der Waals surface area contributed by atoms with Crippen molar-refractivity contribution in [2.75, 3.05) is 63.8 Å². The topological polar surface area (TPSA) is 67.3 Å². The van der Waals surface area contributed by atoms with E-state index in [1.165, 1.54) is 5.56 Å². The molecule has 2 aromatic carbocycles. The minimum Gasteiger partial charge on any atom is -0.480 e. The number of hydrogen-bond acceptors (Lipinski definition) is 5. The molecule has 0 bridgehead atoms. The predicted octanol–water partition coefficient (Wildman–Crippen LogP) is 2.43. The summed E-state index contributed by atoms with van der Waals surface area (Å²) in [7, 11) is 0. The van der Waals surface area contributed by atoms with Crippen molar-refractivity contribution in [3.05, 3.63) is 66.2 Å². The standard InChI is InChI=1S/C27H36N4O3/c32-26(21-29-17-19-30(20-18-29)22-27(33)34)31(24-9-5-2-6-10-24)25-12-15-28(16-13-25)14-11-23-7-3-1-4-8-23/h1-10,25H,11-22H2,(H,33,34). The van der Waals surface area contributed by atoms with E-state index < -0.39 is 5.97 Å². The molecule has 2 fully saturated rings. The van der Waals surface area contributed by atoms with Crippen molar-refractivity contribution in [3.8, 4) is 0 Å². The molecular formula is C27H36N4O3. The molecule has 0 aliphatic carbocycles. The molecule has 0 spiro atoms. The van der Waals surface area contributed by atoms with Crippen LogP contribution in [0.2, 0.25) is 0 Å². The summed E-state index contributed by atoms with van der Waals surface area (Å²) in [5.41, 5.74) is 2.34. The Morgan fingerprint density at radius 2 is 1.32 bits per heavy atom. The SMILES string of the molecule is O=C(O)CN1CCN(CC(=O)N(c2ccccc2)C2CCN(CCc3ccccc3)CC2)CC1. The van der Waals surface area contributed by atoms with Crippen molar-refractivity contribution in [3.63, 3.8) is 0 Å². The molecule has 182 valence electrons. The van der Waals surface area contributed by atoms with Crippen molar-refractivity contribution in [1.82, 2.24) is 14.7 Å². The molecule has 0 aromatic heterocycles. The van der Waals surface area contributed by atoms with Crippen molar-refractivity contribution in [2.24, 2.45) is 0 Å². The molecule has 0 unspecified atom stereocenters. The Labute approximate surface area is 202 Å². The lowest BCUT2D eigenvalue weighted by atomic mass is 10.0. The first-order valence-electron chi connectivity index (χ1n) is 12.4. The molecule has 0 atom stereocenters. The van der Waals surface area contributed by atoms with E-state index in [0.717, 1.165) is 57.7 Å². The summed E-state index contributed by atoms with van der Waals surface area (Å²) < 4.78 is 0. The van der Waals surface area contributed by atoms with Gasteiger partial charge in [0.2, 0.25) is 5.91 Å². The number of benzene rings is 2. The summed E-state index contributed by atoms with van der Waals surface area (Å²) in [5.74, 6) is -0.657. The molecule has 0 radical (unpaired) electrons. The van der Waals surface area contributed by atoms with E-state index in [2.05, 4.69) is 40.1 Å². The number of para-hydroxylation sites is 1. The minimum absolute atomic E-state index is 0.0702. The molecular weight excluding hydrogens is 428 g/mol. The monoisotopic (exact) mass is 464 g/mol. The third-order valence-electron chi connectivity index (χ3n) is 6.97. The molecule has 2 aliphatic heterocycles. The van der Waals surface area contributed by atoms with Gasteiger partial charge in [-0.15, -0.1) is 0 Å². The molecule has 2 aliphatic rings. The van der Waals surface area contributed by atoms with Crippen molar-refractivity contribution in [1.29, 1.82) is 0 Å². The van der Waals surface area contributed by atoms with Gasteiger partial charge in [-0.25, -0.2) is 0 Å². The second-order valence-corrected chi connectivity index (χ2v) is 9.35. The average Bonchev–Trinajstić information content (AvgIpc) is 2.86. The van der Waals surface area contributed by atoms with Gasteiger partial charge in [-0.3, -0.25) is 19.4 Å². The fourth-order valence-corrected chi connectivity index (χ4v) is 5.04. The molecule has 1 amide bonds. The first-order chi connectivity index (χ1) is 16.6. The number of nitrogens with zero attached hydrogens (tertiary/aromatic N) is 4. The number of carbonyl (C=O) groups excluding carboxylic acids is 1. The van der Waals surface area contributed by atoms with Gasteiger partial charge in [0.25, 0.3) is 0 Å². The lowest BCUT2D eigenvalue weighted by Gasteiger charge is -2.40. The third-order valence-corrected chi connectivity index (χ3v) is 6.97. The highest BCUT2D eigenvalue weighted by Crippen LogP contribution is 2.24. The number of carboxylic acid groups (broad SMARTS) is 1. The number of rotatable bonds is 9. The summed E-state index contributed by atoms with van der Waals surface area (Å²) in [5, 5.41) is 9.01. The number of aliphatic carboxylic acids is 1. The largest absolute Gasteiger partial charge is 0.480 e. The van der Waals surface area contributed by atoms with Gasteiger partial charge >= 0.3 is 5.97 Å². The Morgan fingerprint density at radius 1 is 0.765 bits per heavy atom. The number of hydrogen-bond donors (Lipinski definition) is 1. The van der Waals surface area contributed by atoms with Crippen LogP contribution in [0, 0.1) is 0 Å². The minimum atomic E-state index is -0.796. The Kier molecular flexibility index (Phi) is 8.68. The van der Waals surface area contributed by atoms with Gasteiger partial charge in [-0.1, -0.05) is 48.5 Å². The van der Waals surface area contributed by atoms with Crippen LogP contribution in [-0.4, -0.2) is 96.6 Å². The molecule has 0 saturated carbocycles. The second kappa shape index (κ2) is 12.1. The summed E-state index contributed by atoms with van der Waals surface area (Å²) >= 11 is 0.